The van der Waals surface area contributed by atoms with Gasteiger partial charge in [0, 0.05) is 17.6 Å². The fraction of sp³-hybridized carbons (Fsp3) is 0.0909. The van der Waals surface area contributed by atoms with E-state index in [-0.39, 0.29) is 11.5 Å². The first-order valence-corrected chi connectivity index (χ1v) is 8.72. The number of benzene rings is 2. The Hall–Kier alpha value is -3.60. The van der Waals surface area contributed by atoms with Gasteiger partial charge >= 0.3 is 0 Å². The van der Waals surface area contributed by atoms with E-state index in [2.05, 4.69) is 31.4 Å². The number of hydrogen-bond acceptors (Lipinski definition) is 2. The summed E-state index contributed by atoms with van der Waals surface area (Å²) < 4.78 is 1.96. The number of hydrazine groups is 1. The molecule has 1 saturated heterocycles. The smallest absolute Gasteiger partial charge is 0.282 e. The van der Waals surface area contributed by atoms with Crippen molar-refractivity contribution in [1.82, 2.24) is 9.99 Å². The topological polar surface area (TPSA) is 54.3 Å². The van der Waals surface area contributed by atoms with Crippen LogP contribution in [0.3, 0.4) is 0 Å². The number of nitrogens with zero attached hydrogens (tertiary/aromatic N) is 2. The van der Waals surface area contributed by atoms with E-state index >= 15 is 0 Å². The van der Waals surface area contributed by atoms with Crippen molar-refractivity contribution in [2.24, 2.45) is 0 Å². The molecular weight excluding hydrogens is 338 g/mol. The van der Waals surface area contributed by atoms with Crippen molar-refractivity contribution in [1.29, 1.82) is 0 Å². The Morgan fingerprint density at radius 3 is 2.37 bits per heavy atom. The molecule has 0 saturated carbocycles. The van der Waals surface area contributed by atoms with Gasteiger partial charge in [0.2, 0.25) is 0 Å². The van der Waals surface area contributed by atoms with Gasteiger partial charge in [-0.05, 0) is 67.4 Å². The molecule has 134 valence electrons. The van der Waals surface area contributed by atoms with Gasteiger partial charge in [0.25, 0.3) is 11.8 Å². The molecule has 5 heteroatoms. The maximum atomic E-state index is 12.8. The molecule has 0 bridgehead atoms. The van der Waals surface area contributed by atoms with Gasteiger partial charge in [-0.15, -0.1) is 0 Å². The number of aryl methyl sites for hydroxylation is 2. The van der Waals surface area contributed by atoms with Crippen LogP contribution in [0.5, 0.6) is 0 Å². The minimum Gasteiger partial charge on any atom is -0.317 e. The molecule has 0 unspecified atom stereocenters. The monoisotopic (exact) mass is 357 g/mol. The second-order valence-electron chi connectivity index (χ2n) is 6.55. The highest BCUT2D eigenvalue weighted by Crippen LogP contribution is 2.23. The van der Waals surface area contributed by atoms with E-state index in [0.717, 1.165) is 11.4 Å². The van der Waals surface area contributed by atoms with Crippen LogP contribution in [0.15, 0.2) is 72.4 Å². The molecule has 3 aromatic rings. The molecule has 2 aromatic carbocycles. The Kier molecular flexibility index (Phi) is 4.12. The number of amides is 2. The van der Waals surface area contributed by atoms with E-state index < -0.39 is 5.91 Å². The van der Waals surface area contributed by atoms with E-state index in [1.807, 2.05) is 47.2 Å². The highest BCUT2D eigenvalue weighted by molar-refractivity contribution is 6.31. The lowest BCUT2D eigenvalue weighted by molar-refractivity contribution is -0.117. The lowest BCUT2D eigenvalue weighted by atomic mass is 10.1. The van der Waals surface area contributed by atoms with Crippen LogP contribution in [0.25, 0.3) is 11.8 Å². The van der Waals surface area contributed by atoms with Gasteiger partial charge in [-0.1, -0.05) is 24.3 Å². The molecule has 1 aliphatic heterocycles. The highest BCUT2D eigenvalue weighted by atomic mass is 16.2. The van der Waals surface area contributed by atoms with E-state index in [9.17, 15) is 9.59 Å². The Bertz CT molecular complexity index is 1060. The number of nitrogens with one attached hydrogen (secondary N) is 1. The van der Waals surface area contributed by atoms with Gasteiger partial charge in [-0.25, -0.2) is 5.01 Å². The number of hydrogen-bond donors (Lipinski definition) is 1. The summed E-state index contributed by atoms with van der Waals surface area (Å²) in [7, 11) is 0. The number of para-hydroxylation sites is 1. The zero-order chi connectivity index (χ0) is 19.0. The lowest BCUT2D eigenvalue weighted by Crippen LogP contribution is -2.35. The maximum absolute atomic E-state index is 12.8. The highest BCUT2D eigenvalue weighted by Gasteiger charge is 2.34. The van der Waals surface area contributed by atoms with Crippen LogP contribution < -0.4 is 10.4 Å². The Morgan fingerprint density at radius 2 is 1.63 bits per heavy atom. The maximum Gasteiger partial charge on any atom is 0.282 e. The Morgan fingerprint density at radius 1 is 0.852 bits per heavy atom. The minimum absolute atomic E-state index is 0.114. The number of aromatic nitrogens is 1. The SMILES string of the molecule is Cc1ccc(-n2cccc2/C=C2/C(=O)NN(c3ccccc3)C2=O)cc1C. The predicted octanol–water partition coefficient (Wildman–Crippen LogP) is 3.56. The molecule has 1 aliphatic rings. The average Bonchev–Trinajstić information content (AvgIpc) is 3.25. The van der Waals surface area contributed by atoms with E-state index in [1.54, 1.807) is 18.2 Å². The summed E-state index contributed by atoms with van der Waals surface area (Å²) in [6.45, 7) is 4.13. The van der Waals surface area contributed by atoms with Crippen LogP contribution in [-0.2, 0) is 9.59 Å². The normalized spacial score (nSPS) is 15.5. The summed E-state index contributed by atoms with van der Waals surface area (Å²) in [5.74, 6) is -0.768. The molecule has 1 N–H and O–H groups in total. The number of carbonyl (C=O) groups is 2. The van der Waals surface area contributed by atoms with Crippen LogP contribution in [-0.4, -0.2) is 16.4 Å². The molecule has 4 rings (SSSR count). The molecule has 2 heterocycles. The van der Waals surface area contributed by atoms with Crippen molar-refractivity contribution in [3.8, 4) is 5.69 Å². The predicted molar refractivity (Wildman–Crippen MR) is 105 cm³/mol. The van der Waals surface area contributed by atoms with Crippen molar-refractivity contribution in [3.05, 3.63) is 89.3 Å². The van der Waals surface area contributed by atoms with Gasteiger partial charge in [-0.3, -0.25) is 15.0 Å². The van der Waals surface area contributed by atoms with Crippen molar-refractivity contribution < 1.29 is 9.59 Å². The summed E-state index contributed by atoms with van der Waals surface area (Å²) in [5.41, 5.74) is 7.53. The summed E-state index contributed by atoms with van der Waals surface area (Å²) in [4.78, 5) is 25.1. The molecule has 1 aromatic heterocycles. The fourth-order valence-corrected chi connectivity index (χ4v) is 3.09. The lowest BCUT2D eigenvalue weighted by Gasteiger charge is -2.14. The van der Waals surface area contributed by atoms with Gasteiger partial charge in [0.15, 0.2) is 0 Å². The van der Waals surface area contributed by atoms with E-state index in [1.165, 1.54) is 16.1 Å². The number of rotatable bonds is 3. The molecule has 0 radical (unpaired) electrons. The van der Waals surface area contributed by atoms with Gasteiger partial charge in [-0.2, -0.15) is 0 Å². The third-order valence-electron chi connectivity index (χ3n) is 4.75. The van der Waals surface area contributed by atoms with E-state index in [4.69, 9.17) is 0 Å². The molecule has 2 amide bonds. The van der Waals surface area contributed by atoms with Crippen LogP contribution in [0, 0.1) is 13.8 Å². The molecule has 27 heavy (non-hydrogen) atoms. The summed E-state index contributed by atoms with van der Waals surface area (Å²) in [6, 6.07) is 19.0. The van der Waals surface area contributed by atoms with Crippen molar-refractivity contribution in [2.45, 2.75) is 13.8 Å². The zero-order valence-electron chi connectivity index (χ0n) is 15.1. The third-order valence-corrected chi connectivity index (χ3v) is 4.75. The first-order chi connectivity index (χ1) is 13.0. The molecule has 1 fully saturated rings. The van der Waals surface area contributed by atoms with Gasteiger partial charge in [0.1, 0.15) is 5.57 Å². The molecule has 0 aliphatic carbocycles. The quantitative estimate of drug-likeness (QED) is 0.576. The van der Waals surface area contributed by atoms with Crippen LogP contribution in [0.2, 0.25) is 0 Å². The summed E-state index contributed by atoms with van der Waals surface area (Å²) in [5, 5.41) is 1.28. The fourth-order valence-electron chi connectivity index (χ4n) is 3.09. The molecule has 5 nitrogen and oxygen atoms in total. The van der Waals surface area contributed by atoms with Crippen LogP contribution in [0.1, 0.15) is 16.8 Å². The van der Waals surface area contributed by atoms with Crippen molar-refractivity contribution >= 4 is 23.6 Å². The molecule has 0 spiro atoms. The van der Waals surface area contributed by atoms with E-state index in [0.29, 0.717) is 5.69 Å². The van der Waals surface area contributed by atoms with Gasteiger partial charge in [0.05, 0.1) is 5.69 Å². The van der Waals surface area contributed by atoms with Crippen LogP contribution in [0.4, 0.5) is 5.69 Å². The van der Waals surface area contributed by atoms with Crippen molar-refractivity contribution in [2.75, 3.05) is 5.01 Å². The Labute approximate surface area is 157 Å². The number of carbonyl (C=O) groups excluding carboxylic acids is 2. The molecular formula is C22H19N3O2. The minimum atomic E-state index is -0.406. The third kappa shape index (κ3) is 3.04. The van der Waals surface area contributed by atoms with Crippen molar-refractivity contribution in [3.63, 3.8) is 0 Å². The van der Waals surface area contributed by atoms with Gasteiger partial charge < -0.3 is 4.57 Å². The zero-order valence-corrected chi connectivity index (χ0v) is 15.1. The largest absolute Gasteiger partial charge is 0.317 e. The van der Waals surface area contributed by atoms with Crippen LogP contribution >= 0.6 is 0 Å². The first kappa shape index (κ1) is 16.8. The summed E-state index contributed by atoms with van der Waals surface area (Å²) in [6.07, 6.45) is 3.55. The second-order valence-corrected chi connectivity index (χ2v) is 6.55. The summed E-state index contributed by atoms with van der Waals surface area (Å²) >= 11 is 0. The average molecular weight is 357 g/mol. The Balaban J connectivity index is 1.70. The first-order valence-electron chi connectivity index (χ1n) is 8.72. The second kappa shape index (κ2) is 6.61. The number of anilines is 1. The standard InChI is InChI=1S/C22H19N3O2/c1-15-10-11-19(13-16(15)2)24-12-6-9-18(24)14-20-21(26)23-25(22(20)27)17-7-4-3-5-8-17/h3-14H,1-2H3,(H,23,26)/b20-14-. The molecule has 0 atom stereocenters.